The van der Waals surface area contributed by atoms with Gasteiger partial charge in [0.1, 0.15) is 0 Å². The Balaban J connectivity index is 2.37. The zero-order chi connectivity index (χ0) is 10.4. The van der Waals surface area contributed by atoms with Gasteiger partial charge in [0.25, 0.3) is 0 Å². The fourth-order valence-electron chi connectivity index (χ4n) is 2.08. The number of carboxylic acids is 1. The Kier molecular flexibility index (Phi) is 4.90. The molecule has 0 spiro atoms. The first kappa shape index (κ1) is 11.5. The smallest absolute Gasteiger partial charge is 0.304 e. The number of rotatable bonds is 5. The molecule has 4 nitrogen and oxygen atoms in total. The van der Waals surface area contributed by atoms with E-state index in [9.17, 15) is 4.79 Å². The van der Waals surface area contributed by atoms with Crippen LogP contribution in [0.4, 0.5) is 0 Å². The molecule has 1 rings (SSSR count). The van der Waals surface area contributed by atoms with Crippen molar-refractivity contribution in [3.05, 3.63) is 0 Å². The predicted molar refractivity (Wildman–Crippen MR) is 55.1 cm³/mol. The second-order valence-electron chi connectivity index (χ2n) is 3.93. The molecule has 1 unspecified atom stereocenters. The third-order valence-electron chi connectivity index (χ3n) is 2.81. The molecular formula is C10H20N2O2. The molecule has 0 aliphatic carbocycles. The van der Waals surface area contributed by atoms with Crippen molar-refractivity contribution >= 4 is 5.97 Å². The van der Waals surface area contributed by atoms with Crippen molar-refractivity contribution in [1.29, 1.82) is 0 Å². The van der Waals surface area contributed by atoms with Gasteiger partial charge in [-0.15, -0.1) is 0 Å². The predicted octanol–water partition coefficient (Wildman–Crippen LogP) is 0.664. The number of aliphatic carboxylic acids is 1. The molecule has 0 amide bonds. The van der Waals surface area contributed by atoms with Gasteiger partial charge in [0, 0.05) is 6.04 Å². The molecule has 1 aliphatic rings. The third kappa shape index (κ3) is 3.64. The van der Waals surface area contributed by atoms with Gasteiger partial charge >= 0.3 is 5.97 Å². The molecule has 0 aromatic heterocycles. The summed E-state index contributed by atoms with van der Waals surface area (Å²) in [4.78, 5) is 12.9. The van der Waals surface area contributed by atoms with Crippen LogP contribution in [0.3, 0.4) is 0 Å². The summed E-state index contributed by atoms with van der Waals surface area (Å²) in [6, 6.07) is 0.243. The molecule has 1 saturated heterocycles. The van der Waals surface area contributed by atoms with E-state index in [0.29, 0.717) is 6.54 Å². The van der Waals surface area contributed by atoms with Crippen molar-refractivity contribution in [3.63, 3.8) is 0 Å². The fourth-order valence-corrected chi connectivity index (χ4v) is 2.08. The maximum absolute atomic E-state index is 10.6. The molecule has 0 radical (unpaired) electrons. The number of carboxylic acid groups (broad SMARTS) is 1. The molecule has 3 N–H and O–H groups in total. The Morgan fingerprint density at radius 2 is 2.29 bits per heavy atom. The maximum atomic E-state index is 10.6. The topological polar surface area (TPSA) is 66.6 Å². The van der Waals surface area contributed by atoms with E-state index in [2.05, 4.69) is 4.90 Å². The average molecular weight is 200 g/mol. The first-order chi connectivity index (χ1) is 6.74. The van der Waals surface area contributed by atoms with E-state index in [-0.39, 0.29) is 12.5 Å². The summed E-state index contributed by atoms with van der Waals surface area (Å²) in [5.74, 6) is -0.686. The van der Waals surface area contributed by atoms with Crippen molar-refractivity contribution in [2.24, 2.45) is 5.73 Å². The van der Waals surface area contributed by atoms with Gasteiger partial charge in [0.05, 0.1) is 6.42 Å². The Hall–Kier alpha value is -0.610. The summed E-state index contributed by atoms with van der Waals surface area (Å²) < 4.78 is 0. The molecule has 1 atom stereocenters. The lowest BCUT2D eigenvalue weighted by Crippen LogP contribution is -2.41. The second kappa shape index (κ2) is 5.98. The van der Waals surface area contributed by atoms with E-state index in [1.165, 1.54) is 6.42 Å². The Morgan fingerprint density at radius 1 is 1.50 bits per heavy atom. The van der Waals surface area contributed by atoms with Crippen molar-refractivity contribution in [1.82, 2.24) is 4.90 Å². The second-order valence-corrected chi connectivity index (χ2v) is 3.93. The first-order valence-electron chi connectivity index (χ1n) is 5.40. The van der Waals surface area contributed by atoms with Gasteiger partial charge in [0.2, 0.25) is 0 Å². The van der Waals surface area contributed by atoms with Crippen LogP contribution in [0.25, 0.3) is 0 Å². The van der Waals surface area contributed by atoms with Crippen molar-refractivity contribution in [2.45, 2.75) is 38.1 Å². The van der Waals surface area contributed by atoms with Crippen molar-refractivity contribution in [2.75, 3.05) is 19.6 Å². The Morgan fingerprint density at radius 3 is 2.93 bits per heavy atom. The van der Waals surface area contributed by atoms with E-state index in [0.717, 1.165) is 32.4 Å². The highest BCUT2D eigenvalue weighted by Crippen LogP contribution is 2.19. The zero-order valence-corrected chi connectivity index (χ0v) is 8.61. The third-order valence-corrected chi connectivity index (χ3v) is 2.81. The number of hydrogen-bond donors (Lipinski definition) is 2. The van der Waals surface area contributed by atoms with E-state index >= 15 is 0 Å². The highest BCUT2D eigenvalue weighted by molar-refractivity contribution is 5.67. The molecule has 82 valence electrons. The summed E-state index contributed by atoms with van der Waals surface area (Å²) >= 11 is 0. The van der Waals surface area contributed by atoms with Crippen LogP contribution < -0.4 is 5.73 Å². The van der Waals surface area contributed by atoms with Crippen LogP contribution in [0.2, 0.25) is 0 Å². The summed E-state index contributed by atoms with van der Waals surface area (Å²) in [6.07, 6.45) is 4.63. The summed E-state index contributed by atoms with van der Waals surface area (Å²) in [5.41, 5.74) is 5.45. The zero-order valence-electron chi connectivity index (χ0n) is 8.61. The highest BCUT2D eigenvalue weighted by Gasteiger charge is 2.23. The number of likely N-dealkylation sites (tertiary alicyclic amines) is 1. The first-order valence-corrected chi connectivity index (χ1v) is 5.40. The van der Waals surface area contributed by atoms with Crippen LogP contribution >= 0.6 is 0 Å². The molecular weight excluding hydrogens is 180 g/mol. The van der Waals surface area contributed by atoms with E-state index in [1.807, 2.05) is 0 Å². The van der Waals surface area contributed by atoms with Crippen LogP contribution in [0.5, 0.6) is 0 Å². The van der Waals surface area contributed by atoms with Gasteiger partial charge in [-0.2, -0.15) is 0 Å². The van der Waals surface area contributed by atoms with Crippen LogP contribution in [0.15, 0.2) is 0 Å². The van der Waals surface area contributed by atoms with Crippen LogP contribution in [-0.2, 0) is 4.79 Å². The quantitative estimate of drug-likeness (QED) is 0.684. The minimum atomic E-state index is -0.686. The molecule has 14 heavy (non-hydrogen) atoms. The molecule has 0 bridgehead atoms. The van der Waals surface area contributed by atoms with E-state index in [1.54, 1.807) is 0 Å². The summed E-state index contributed by atoms with van der Waals surface area (Å²) in [6.45, 7) is 2.68. The fraction of sp³-hybridized carbons (Fsp3) is 0.900. The number of nitrogens with two attached hydrogens (primary N) is 1. The van der Waals surface area contributed by atoms with Crippen molar-refractivity contribution in [3.8, 4) is 0 Å². The highest BCUT2D eigenvalue weighted by atomic mass is 16.4. The van der Waals surface area contributed by atoms with Gasteiger partial charge in [-0.25, -0.2) is 0 Å². The molecule has 0 aromatic carbocycles. The number of hydrogen-bond acceptors (Lipinski definition) is 3. The minimum absolute atomic E-state index is 0.243. The van der Waals surface area contributed by atoms with Gasteiger partial charge in [-0.3, -0.25) is 9.69 Å². The van der Waals surface area contributed by atoms with Gasteiger partial charge < -0.3 is 10.8 Å². The summed E-state index contributed by atoms with van der Waals surface area (Å²) in [7, 11) is 0. The van der Waals surface area contributed by atoms with Crippen molar-refractivity contribution < 1.29 is 9.90 Å². The lowest BCUT2D eigenvalue weighted by molar-refractivity contribution is -0.138. The van der Waals surface area contributed by atoms with Gasteiger partial charge in [-0.05, 0) is 38.9 Å². The molecule has 1 heterocycles. The minimum Gasteiger partial charge on any atom is -0.481 e. The van der Waals surface area contributed by atoms with Crippen LogP contribution in [0.1, 0.15) is 32.1 Å². The lowest BCUT2D eigenvalue weighted by atomic mass is 9.99. The van der Waals surface area contributed by atoms with E-state index < -0.39 is 5.97 Å². The molecule has 1 fully saturated rings. The van der Waals surface area contributed by atoms with Gasteiger partial charge in [0.15, 0.2) is 0 Å². The number of carbonyl (C=O) groups is 1. The summed E-state index contributed by atoms with van der Waals surface area (Å²) in [5, 5.41) is 8.76. The standard InChI is InChI=1S/C10H20N2O2/c11-5-3-7-12-6-2-1-4-9(12)8-10(13)14/h9H,1-8,11H2,(H,13,14). The maximum Gasteiger partial charge on any atom is 0.304 e. The monoisotopic (exact) mass is 200 g/mol. The SMILES string of the molecule is NCCCN1CCCCC1CC(=O)O. The molecule has 1 aliphatic heterocycles. The molecule has 0 saturated carbocycles. The Bertz CT molecular complexity index is 185. The Labute approximate surface area is 85.1 Å². The van der Waals surface area contributed by atoms with E-state index in [4.69, 9.17) is 10.8 Å². The van der Waals surface area contributed by atoms with Crippen LogP contribution in [0, 0.1) is 0 Å². The van der Waals surface area contributed by atoms with Crippen LogP contribution in [-0.4, -0.2) is 41.7 Å². The lowest BCUT2D eigenvalue weighted by Gasteiger charge is -2.34. The van der Waals surface area contributed by atoms with Gasteiger partial charge in [-0.1, -0.05) is 6.42 Å². The number of nitrogens with zero attached hydrogens (tertiary/aromatic N) is 1. The molecule has 4 heteroatoms. The number of piperidine rings is 1. The normalized spacial score (nSPS) is 23.6. The average Bonchev–Trinajstić information content (AvgIpc) is 2.16. The molecule has 0 aromatic rings. The largest absolute Gasteiger partial charge is 0.481 e.